The van der Waals surface area contributed by atoms with E-state index in [4.69, 9.17) is 5.73 Å². The molecule has 0 saturated carbocycles. The van der Waals surface area contributed by atoms with E-state index in [-0.39, 0.29) is 11.3 Å². The number of nitrogens with one attached hydrogen (secondary N) is 1. The summed E-state index contributed by atoms with van der Waals surface area (Å²) in [7, 11) is 0. The van der Waals surface area contributed by atoms with Crippen molar-refractivity contribution in [2.45, 2.75) is 33.1 Å². The Bertz CT molecular complexity index is 455. The molecule has 1 amide bonds. The van der Waals surface area contributed by atoms with Crippen LogP contribution in [0.25, 0.3) is 0 Å². The second-order valence-corrected chi connectivity index (χ2v) is 7.08. The van der Waals surface area contributed by atoms with Crippen LogP contribution >= 0.6 is 15.9 Å². The Morgan fingerprint density at radius 1 is 1.32 bits per heavy atom. The van der Waals surface area contributed by atoms with Crippen molar-refractivity contribution in [3.8, 4) is 0 Å². The summed E-state index contributed by atoms with van der Waals surface area (Å²) in [5.74, 6) is -0.00179. The summed E-state index contributed by atoms with van der Waals surface area (Å²) in [6, 6.07) is 8.16. The standard InChI is InChI=1S/C15H23BrN2O/c1-14(2,9-17)13(19)18-10-15(3,4)11-6-5-7-12(16)8-11/h5-8H,9-10,17H2,1-4H3,(H,18,19). The first kappa shape index (κ1) is 16.2. The third kappa shape index (κ3) is 4.32. The minimum absolute atomic E-state index is 0.00179. The summed E-state index contributed by atoms with van der Waals surface area (Å²) >= 11 is 3.47. The van der Waals surface area contributed by atoms with E-state index in [0.717, 1.165) is 4.47 Å². The van der Waals surface area contributed by atoms with Crippen LogP contribution in [0.1, 0.15) is 33.3 Å². The maximum atomic E-state index is 12.0. The van der Waals surface area contributed by atoms with Gasteiger partial charge in [-0.3, -0.25) is 4.79 Å². The second kappa shape index (κ2) is 6.06. The van der Waals surface area contributed by atoms with Gasteiger partial charge in [0.25, 0.3) is 0 Å². The highest BCUT2D eigenvalue weighted by Crippen LogP contribution is 2.25. The third-order valence-electron chi connectivity index (χ3n) is 3.42. The van der Waals surface area contributed by atoms with Crippen LogP contribution in [0.2, 0.25) is 0 Å². The number of amides is 1. The van der Waals surface area contributed by atoms with Gasteiger partial charge in [-0.05, 0) is 31.5 Å². The van der Waals surface area contributed by atoms with Crippen LogP contribution in [0.15, 0.2) is 28.7 Å². The molecule has 0 fully saturated rings. The lowest BCUT2D eigenvalue weighted by Gasteiger charge is -2.29. The zero-order chi connectivity index (χ0) is 14.7. The third-order valence-corrected chi connectivity index (χ3v) is 3.92. The first-order chi connectivity index (χ1) is 8.69. The summed E-state index contributed by atoms with van der Waals surface area (Å²) in [6.45, 7) is 8.87. The molecule has 0 aliphatic carbocycles. The number of nitrogens with two attached hydrogens (primary N) is 1. The Hall–Kier alpha value is -0.870. The Morgan fingerprint density at radius 2 is 1.95 bits per heavy atom. The molecule has 1 aromatic rings. The van der Waals surface area contributed by atoms with Gasteiger partial charge in [0.15, 0.2) is 0 Å². The molecule has 0 unspecified atom stereocenters. The lowest BCUT2D eigenvalue weighted by Crippen LogP contribution is -2.45. The quantitative estimate of drug-likeness (QED) is 0.874. The minimum atomic E-state index is -0.520. The van der Waals surface area contributed by atoms with Gasteiger partial charge < -0.3 is 11.1 Å². The molecule has 0 spiro atoms. The number of rotatable bonds is 5. The number of carbonyl (C=O) groups excluding carboxylic acids is 1. The zero-order valence-electron chi connectivity index (χ0n) is 12.1. The monoisotopic (exact) mass is 326 g/mol. The van der Waals surface area contributed by atoms with Gasteiger partial charge >= 0.3 is 0 Å². The Kier molecular flexibility index (Phi) is 5.16. The van der Waals surface area contributed by atoms with Crippen molar-refractivity contribution in [2.75, 3.05) is 13.1 Å². The van der Waals surface area contributed by atoms with Gasteiger partial charge in [0, 0.05) is 23.0 Å². The summed E-state index contributed by atoms with van der Waals surface area (Å²) in [4.78, 5) is 12.0. The van der Waals surface area contributed by atoms with Crippen LogP contribution in [0.5, 0.6) is 0 Å². The fourth-order valence-corrected chi connectivity index (χ4v) is 2.04. The molecule has 1 aromatic carbocycles. The van der Waals surface area contributed by atoms with E-state index in [2.05, 4.69) is 47.2 Å². The highest BCUT2D eigenvalue weighted by molar-refractivity contribution is 9.10. The molecule has 0 saturated heterocycles. The molecule has 1 rings (SSSR count). The molecule has 3 N–H and O–H groups in total. The summed E-state index contributed by atoms with van der Waals surface area (Å²) in [5.41, 5.74) is 6.16. The molecule has 0 bridgehead atoms. The molecule has 4 heteroatoms. The first-order valence-corrected chi connectivity index (χ1v) is 7.23. The van der Waals surface area contributed by atoms with Gasteiger partial charge in [-0.15, -0.1) is 0 Å². The molecular formula is C15H23BrN2O. The SMILES string of the molecule is CC(C)(CN)C(=O)NCC(C)(C)c1cccc(Br)c1. The summed E-state index contributed by atoms with van der Waals surface area (Å²) < 4.78 is 1.05. The van der Waals surface area contributed by atoms with E-state index < -0.39 is 5.41 Å². The number of hydrogen-bond acceptors (Lipinski definition) is 2. The highest BCUT2D eigenvalue weighted by Gasteiger charge is 2.28. The number of benzene rings is 1. The second-order valence-electron chi connectivity index (χ2n) is 6.16. The zero-order valence-corrected chi connectivity index (χ0v) is 13.7. The van der Waals surface area contributed by atoms with E-state index >= 15 is 0 Å². The van der Waals surface area contributed by atoms with Crippen LogP contribution in [-0.2, 0) is 10.2 Å². The topological polar surface area (TPSA) is 55.1 Å². The molecule has 0 heterocycles. The average Bonchev–Trinajstić information content (AvgIpc) is 2.36. The predicted molar refractivity (Wildman–Crippen MR) is 83.0 cm³/mol. The van der Waals surface area contributed by atoms with Gasteiger partial charge in [-0.25, -0.2) is 0 Å². The first-order valence-electron chi connectivity index (χ1n) is 6.43. The number of carbonyl (C=O) groups is 1. The largest absolute Gasteiger partial charge is 0.355 e. The molecule has 0 atom stereocenters. The Morgan fingerprint density at radius 3 is 2.47 bits per heavy atom. The number of hydrogen-bond donors (Lipinski definition) is 2. The van der Waals surface area contributed by atoms with Crippen molar-refractivity contribution in [2.24, 2.45) is 11.1 Å². The maximum Gasteiger partial charge on any atom is 0.226 e. The van der Waals surface area contributed by atoms with E-state index in [1.807, 2.05) is 26.0 Å². The Labute approximate surface area is 124 Å². The minimum Gasteiger partial charge on any atom is -0.355 e. The van der Waals surface area contributed by atoms with Crippen molar-refractivity contribution in [1.29, 1.82) is 0 Å². The highest BCUT2D eigenvalue weighted by atomic mass is 79.9. The molecule has 0 aliphatic rings. The van der Waals surface area contributed by atoms with Gasteiger partial charge in [-0.1, -0.05) is 41.9 Å². The molecule has 0 aliphatic heterocycles. The van der Waals surface area contributed by atoms with Crippen molar-refractivity contribution >= 4 is 21.8 Å². The molecule has 3 nitrogen and oxygen atoms in total. The van der Waals surface area contributed by atoms with Gasteiger partial charge in [0.2, 0.25) is 5.91 Å². The van der Waals surface area contributed by atoms with E-state index in [9.17, 15) is 4.79 Å². The van der Waals surface area contributed by atoms with E-state index in [1.165, 1.54) is 5.56 Å². The number of halogens is 1. The fraction of sp³-hybridized carbons (Fsp3) is 0.533. The molecule has 0 aromatic heterocycles. The van der Waals surface area contributed by atoms with Crippen LogP contribution in [0.4, 0.5) is 0 Å². The van der Waals surface area contributed by atoms with Crippen LogP contribution in [-0.4, -0.2) is 19.0 Å². The molecule has 0 radical (unpaired) electrons. The van der Waals surface area contributed by atoms with Crippen LogP contribution in [0, 0.1) is 5.41 Å². The van der Waals surface area contributed by atoms with Crippen molar-refractivity contribution in [3.05, 3.63) is 34.3 Å². The fourth-order valence-electron chi connectivity index (χ4n) is 1.64. The Balaban J connectivity index is 2.73. The van der Waals surface area contributed by atoms with E-state index in [0.29, 0.717) is 13.1 Å². The summed E-state index contributed by atoms with van der Waals surface area (Å²) in [6.07, 6.45) is 0. The van der Waals surface area contributed by atoms with Gasteiger partial charge in [0.1, 0.15) is 0 Å². The lowest BCUT2D eigenvalue weighted by atomic mass is 9.84. The lowest BCUT2D eigenvalue weighted by molar-refractivity contribution is -0.129. The van der Waals surface area contributed by atoms with Crippen LogP contribution in [0.3, 0.4) is 0 Å². The normalized spacial score (nSPS) is 12.3. The average molecular weight is 327 g/mol. The predicted octanol–water partition coefficient (Wildman–Crippen LogP) is 2.83. The smallest absolute Gasteiger partial charge is 0.226 e. The van der Waals surface area contributed by atoms with E-state index in [1.54, 1.807) is 0 Å². The van der Waals surface area contributed by atoms with Crippen molar-refractivity contribution < 1.29 is 4.79 Å². The van der Waals surface area contributed by atoms with Crippen molar-refractivity contribution in [1.82, 2.24) is 5.32 Å². The summed E-state index contributed by atoms with van der Waals surface area (Å²) in [5, 5.41) is 3.00. The van der Waals surface area contributed by atoms with Crippen molar-refractivity contribution in [3.63, 3.8) is 0 Å². The van der Waals surface area contributed by atoms with Crippen LogP contribution < -0.4 is 11.1 Å². The molecule has 19 heavy (non-hydrogen) atoms. The molecule has 106 valence electrons. The maximum absolute atomic E-state index is 12.0. The molecular weight excluding hydrogens is 304 g/mol. The van der Waals surface area contributed by atoms with Gasteiger partial charge in [0.05, 0.1) is 5.41 Å². The van der Waals surface area contributed by atoms with Gasteiger partial charge in [-0.2, -0.15) is 0 Å².